The third kappa shape index (κ3) is 5.14. The Labute approximate surface area is 153 Å². The Hall–Kier alpha value is -1.69. The molecule has 2 rings (SSSR count). The van der Waals surface area contributed by atoms with Gasteiger partial charge in [-0.05, 0) is 42.7 Å². The van der Waals surface area contributed by atoms with Crippen LogP contribution in [-0.4, -0.2) is 37.9 Å². The summed E-state index contributed by atoms with van der Waals surface area (Å²) in [6, 6.07) is 5.43. The highest BCUT2D eigenvalue weighted by Gasteiger charge is 2.28. The van der Waals surface area contributed by atoms with E-state index >= 15 is 0 Å². The highest BCUT2D eigenvalue weighted by atomic mass is 32.2. The van der Waals surface area contributed by atoms with Crippen molar-refractivity contribution in [3.8, 4) is 5.75 Å². The molecule has 6 heteroatoms. The number of ether oxygens (including phenoxy) is 2. The van der Waals surface area contributed by atoms with Crippen molar-refractivity contribution in [2.24, 2.45) is 11.8 Å². The Bertz CT molecular complexity index is 619. The molecular weight excluding hydrogens is 338 g/mol. The first kappa shape index (κ1) is 19.6. The summed E-state index contributed by atoms with van der Waals surface area (Å²) in [6.07, 6.45) is 5.25. The molecule has 0 saturated heterocycles. The van der Waals surface area contributed by atoms with Gasteiger partial charge < -0.3 is 14.8 Å². The van der Waals surface area contributed by atoms with Gasteiger partial charge in [0.25, 0.3) is 5.91 Å². The zero-order valence-electron chi connectivity index (χ0n) is 15.3. The van der Waals surface area contributed by atoms with E-state index in [-0.39, 0.29) is 18.6 Å². The minimum atomic E-state index is -0.551. The first-order valence-electron chi connectivity index (χ1n) is 8.64. The molecule has 0 aliphatic heterocycles. The van der Waals surface area contributed by atoms with Gasteiger partial charge in [0.1, 0.15) is 11.3 Å². The van der Waals surface area contributed by atoms with E-state index in [0.717, 1.165) is 17.7 Å². The van der Waals surface area contributed by atoms with Gasteiger partial charge in [-0.1, -0.05) is 26.7 Å². The SMILES string of the molecule is COc1cc(SC)ccc1C(=O)OCC(=O)N[C@@H]1CCC[C@@H](C)[C@H]1C. The fourth-order valence-corrected chi connectivity index (χ4v) is 3.64. The Morgan fingerprint density at radius 1 is 1.28 bits per heavy atom. The van der Waals surface area contributed by atoms with Crippen molar-refractivity contribution in [3.05, 3.63) is 23.8 Å². The average molecular weight is 365 g/mol. The molecule has 0 unspecified atom stereocenters. The summed E-state index contributed by atoms with van der Waals surface area (Å²) in [5.74, 6) is 0.684. The number of carbonyl (C=O) groups excluding carboxylic acids is 2. The van der Waals surface area contributed by atoms with E-state index in [0.29, 0.717) is 23.1 Å². The van der Waals surface area contributed by atoms with Crippen LogP contribution in [-0.2, 0) is 9.53 Å². The number of esters is 1. The van der Waals surface area contributed by atoms with Crippen LogP contribution in [0.1, 0.15) is 43.5 Å². The summed E-state index contributed by atoms with van der Waals surface area (Å²) in [5, 5.41) is 3.00. The van der Waals surface area contributed by atoms with Crippen LogP contribution in [0, 0.1) is 11.8 Å². The van der Waals surface area contributed by atoms with Gasteiger partial charge in [-0.3, -0.25) is 4.79 Å². The smallest absolute Gasteiger partial charge is 0.342 e. The normalized spacial score (nSPS) is 23.0. The molecule has 1 aromatic rings. The molecular formula is C19H27NO4S. The van der Waals surface area contributed by atoms with E-state index in [1.807, 2.05) is 12.3 Å². The number of thioether (sulfide) groups is 1. The number of methoxy groups -OCH3 is 1. The van der Waals surface area contributed by atoms with Gasteiger partial charge in [-0.2, -0.15) is 0 Å². The fourth-order valence-electron chi connectivity index (χ4n) is 3.21. The third-order valence-electron chi connectivity index (χ3n) is 5.02. The second-order valence-electron chi connectivity index (χ2n) is 6.58. The van der Waals surface area contributed by atoms with Crippen LogP contribution >= 0.6 is 11.8 Å². The van der Waals surface area contributed by atoms with Crippen LogP contribution in [0.25, 0.3) is 0 Å². The largest absolute Gasteiger partial charge is 0.496 e. The first-order chi connectivity index (χ1) is 12.0. The molecule has 1 aromatic carbocycles. The second-order valence-corrected chi connectivity index (χ2v) is 7.46. The zero-order valence-corrected chi connectivity index (χ0v) is 16.2. The molecule has 25 heavy (non-hydrogen) atoms. The van der Waals surface area contributed by atoms with Crippen molar-refractivity contribution in [3.63, 3.8) is 0 Å². The van der Waals surface area contributed by atoms with Crippen molar-refractivity contribution in [2.45, 2.75) is 44.0 Å². The Balaban J connectivity index is 1.90. The molecule has 1 amide bonds. The summed E-state index contributed by atoms with van der Waals surface area (Å²) in [4.78, 5) is 25.4. The van der Waals surface area contributed by atoms with Crippen molar-refractivity contribution in [1.29, 1.82) is 0 Å². The molecule has 138 valence electrons. The third-order valence-corrected chi connectivity index (χ3v) is 5.74. The molecule has 1 aliphatic carbocycles. The van der Waals surface area contributed by atoms with Crippen molar-refractivity contribution in [1.82, 2.24) is 5.32 Å². The standard InChI is InChI=1S/C19H27NO4S/c1-12-6-5-7-16(13(12)2)20-18(21)11-24-19(22)15-9-8-14(25-4)10-17(15)23-3/h8-10,12-13,16H,5-7,11H2,1-4H3,(H,20,21)/t12-,13-,16-/m1/s1. The van der Waals surface area contributed by atoms with Crippen LogP contribution in [0.3, 0.4) is 0 Å². The quantitative estimate of drug-likeness (QED) is 0.617. The number of benzene rings is 1. The molecule has 3 atom stereocenters. The summed E-state index contributed by atoms with van der Waals surface area (Å²) in [5.41, 5.74) is 0.327. The molecule has 0 spiro atoms. The van der Waals surface area contributed by atoms with Crippen LogP contribution in [0.15, 0.2) is 23.1 Å². The van der Waals surface area contributed by atoms with Crippen LogP contribution in [0.2, 0.25) is 0 Å². The lowest BCUT2D eigenvalue weighted by atomic mass is 9.78. The van der Waals surface area contributed by atoms with Gasteiger partial charge in [0, 0.05) is 10.9 Å². The first-order valence-corrected chi connectivity index (χ1v) is 9.87. The van der Waals surface area contributed by atoms with Gasteiger partial charge in [0.05, 0.1) is 7.11 Å². The van der Waals surface area contributed by atoms with E-state index in [1.54, 1.807) is 23.9 Å². The van der Waals surface area contributed by atoms with E-state index in [4.69, 9.17) is 9.47 Å². The topological polar surface area (TPSA) is 64.6 Å². The fraction of sp³-hybridized carbons (Fsp3) is 0.579. The number of hydrogen-bond donors (Lipinski definition) is 1. The lowest BCUT2D eigenvalue weighted by Gasteiger charge is -2.34. The van der Waals surface area contributed by atoms with Crippen molar-refractivity contribution >= 4 is 23.6 Å². The summed E-state index contributed by atoms with van der Waals surface area (Å²) < 4.78 is 10.4. The molecule has 1 fully saturated rings. The summed E-state index contributed by atoms with van der Waals surface area (Å²) in [7, 11) is 1.51. The van der Waals surface area contributed by atoms with E-state index < -0.39 is 5.97 Å². The van der Waals surface area contributed by atoms with Crippen LogP contribution in [0.4, 0.5) is 0 Å². The minimum Gasteiger partial charge on any atom is -0.496 e. The van der Waals surface area contributed by atoms with Gasteiger partial charge in [0.2, 0.25) is 0 Å². The number of hydrogen-bond acceptors (Lipinski definition) is 5. The predicted octanol–water partition coefficient (Wildman–Crippen LogP) is 3.51. The van der Waals surface area contributed by atoms with Gasteiger partial charge in [0.15, 0.2) is 6.61 Å². The van der Waals surface area contributed by atoms with Crippen LogP contribution < -0.4 is 10.1 Å². The summed E-state index contributed by atoms with van der Waals surface area (Å²) >= 11 is 1.56. The van der Waals surface area contributed by atoms with Crippen molar-refractivity contribution < 1.29 is 19.1 Å². The Morgan fingerprint density at radius 3 is 2.72 bits per heavy atom. The number of amides is 1. The molecule has 0 aromatic heterocycles. The van der Waals surface area contributed by atoms with Crippen LogP contribution in [0.5, 0.6) is 5.75 Å². The molecule has 1 aliphatic rings. The molecule has 0 bridgehead atoms. The monoisotopic (exact) mass is 365 g/mol. The molecule has 1 saturated carbocycles. The van der Waals surface area contributed by atoms with Gasteiger partial charge in [-0.15, -0.1) is 11.8 Å². The number of nitrogens with one attached hydrogen (secondary N) is 1. The lowest BCUT2D eigenvalue weighted by Crippen LogP contribution is -2.45. The summed E-state index contributed by atoms with van der Waals surface area (Å²) in [6.45, 7) is 4.11. The molecule has 0 heterocycles. The maximum Gasteiger partial charge on any atom is 0.342 e. The molecule has 1 N–H and O–H groups in total. The highest BCUT2D eigenvalue weighted by Crippen LogP contribution is 2.29. The average Bonchev–Trinajstić information content (AvgIpc) is 2.62. The van der Waals surface area contributed by atoms with Crippen molar-refractivity contribution in [2.75, 3.05) is 20.0 Å². The van der Waals surface area contributed by atoms with E-state index in [9.17, 15) is 9.59 Å². The molecule has 0 radical (unpaired) electrons. The highest BCUT2D eigenvalue weighted by molar-refractivity contribution is 7.98. The van der Waals surface area contributed by atoms with E-state index in [1.165, 1.54) is 13.5 Å². The van der Waals surface area contributed by atoms with Gasteiger partial charge in [-0.25, -0.2) is 4.79 Å². The number of carbonyl (C=O) groups is 2. The zero-order chi connectivity index (χ0) is 18.4. The maximum atomic E-state index is 12.2. The van der Waals surface area contributed by atoms with Gasteiger partial charge >= 0.3 is 5.97 Å². The van der Waals surface area contributed by atoms with E-state index in [2.05, 4.69) is 19.2 Å². The Morgan fingerprint density at radius 2 is 2.04 bits per heavy atom. The number of rotatable bonds is 6. The minimum absolute atomic E-state index is 0.158. The predicted molar refractivity (Wildman–Crippen MR) is 99.2 cm³/mol. The lowest BCUT2D eigenvalue weighted by molar-refractivity contribution is -0.125. The second kappa shape index (κ2) is 9.13. The maximum absolute atomic E-state index is 12.2. The molecule has 5 nitrogen and oxygen atoms in total. The Kier molecular flexibility index (Phi) is 7.17.